The molecule has 0 spiro atoms. The fourth-order valence-electron chi connectivity index (χ4n) is 1.47. The Bertz CT molecular complexity index is 448. The van der Waals surface area contributed by atoms with Crippen LogP contribution in [0.25, 0.3) is 5.69 Å². The standard InChI is InChI=1S/C12H13ClN2/c1-2-10-8-14-15(9-10)12-5-3-4-11(6-12)7-13/h3-6,8-9H,2,7H2,1H3. The zero-order valence-electron chi connectivity index (χ0n) is 8.65. The van der Waals surface area contributed by atoms with Gasteiger partial charge in [0.05, 0.1) is 11.9 Å². The van der Waals surface area contributed by atoms with E-state index >= 15 is 0 Å². The second-order valence-electron chi connectivity index (χ2n) is 3.45. The van der Waals surface area contributed by atoms with E-state index < -0.39 is 0 Å². The number of alkyl halides is 1. The first kappa shape index (κ1) is 10.2. The molecule has 0 N–H and O–H groups in total. The molecule has 0 radical (unpaired) electrons. The number of hydrogen-bond acceptors (Lipinski definition) is 1. The number of nitrogens with zero attached hydrogens (tertiary/aromatic N) is 2. The maximum atomic E-state index is 5.79. The lowest BCUT2D eigenvalue weighted by atomic mass is 10.2. The Morgan fingerprint density at radius 1 is 1.33 bits per heavy atom. The molecule has 2 aromatic rings. The molecule has 0 bridgehead atoms. The highest BCUT2D eigenvalue weighted by atomic mass is 35.5. The highest BCUT2D eigenvalue weighted by molar-refractivity contribution is 6.17. The molecule has 0 aliphatic carbocycles. The fraction of sp³-hybridized carbons (Fsp3) is 0.250. The van der Waals surface area contributed by atoms with Crippen LogP contribution < -0.4 is 0 Å². The van der Waals surface area contributed by atoms with E-state index in [1.165, 1.54) is 5.56 Å². The maximum absolute atomic E-state index is 5.79. The van der Waals surface area contributed by atoms with Crippen LogP contribution in [0.3, 0.4) is 0 Å². The van der Waals surface area contributed by atoms with Gasteiger partial charge in [0.15, 0.2) is 0 Å². The summed E-state index contributed by atoms with van der Waals surface area (Å²) < 4.78 is 1.88. The molecule has 1 aromatic carbocycles. The van der Waals surface area contributed by atoms with Crippen molar-refractivity contribution in [2.45, 2.75) is 19.2 Å². The lowest BCUT2D eigenvalue weighted by Gasteiger charge is -2.02. The molecule has 78 valence electrons. The molecule has 15 heavy (non-hydrogen) atoms. The summed E-state index contributed by atoms with van der Waals surface area (Å²) in [5, 5.41) is 4.31. The van der Waals surface area contributed by atoms with Crippen molar-refractivity contribution in [3.05, 3.63) is 47.8 Å². The van der Waals surface area contributed by atoms with Crippen molar-refractivity contribution in [1.82, 2.24) is 9.78 Å². The molecular weight excluding hydrogens is 208 g/mol. The van der Waals surface area contributed by atoms with E-state index in [9.17, 15) is 0 Å². The highest BCUT2D eigenvalue weighted by Gasteiger charge is 2.00. The lowest BCUT2D eigenvalue weighted by molar-refractivity contribution is 0.878. The number of hydrogen-bond donors (Lipinski definition) is 0. The molecule has 2 rings (SSSR count). The van der Waals surface area contributed by atoms with Crippen molar-refractivity contribution in [3.8, 4) is 5.69 Å². The predicted octanol–water partition coefficient (Wildman–Crippen LogP) is 3.17. The number of halogens is 1. The first-order chi connectivity index (χ1) is 7.33. The third kappa shape index (κ3) is 2.21. The van der Waals surface area contributed by atoms with E-state index in [1.807, 2.05) is 35.3 Å². The minimum Gasteiger partial charge on any atom is -0.241 e. The molecule has 0 unspecified atom stereocenters. The molecule has 0 fully saturated rings. The topological polar surface area (TPSA) is 17.8 Å². The van der Waals surface area contributed by atoms with E-state index in [1.54, 1.807) is 0 Å². The number of aryl methyl sites for hydroxylation is 1. The van der Waals surface area contributed by atoms with E-state index in [0.29, 0.717) is 5.88 Å². The van der Waals surface area contributed by atoms with Gasteiger partial charge in [0.1, 0.15) is 0 Å². The quantitative estimate of drug-likeness (QED) is 0.727. The van der Waals surface area contributed by atoms with Crippen molar-refractivity contribution in [1.29, 1.82) is 0 Å². The molecule has 0 saturated heterocycles. The van der Waals surface area contributed by atoms with Crippen LogP contribution in [-0.2, 0) is 12.3 Å². The van der Waals surface area contributed by atoms with Crippen molar-refractivity contribution >= 4 is 11.6 Å². The van der Waals surface area contributed by atoms with Crippen LogP contribution in [0.5, 0.6) is 0 Å². The van der Waals surface area contributed by atoms with E-state index in [4.69, 9.17) is 11.6 Å². The summed E-state index contributed by atoms with van der Waals surface area (Å²) in [7, 11) is 0. The summed E-state index contributed by atoms with van der Waals surface area (Å²) in [6.07, 6.45) is 4.95. The highest BCUT2D eigenvalue weighted by Crippen LogP contribution is 2.12. The van der Waals surface area contributed by atoms with Gasteiger partial charge in [-0.1, -0.05) is 19.1 Å². The van der Waals surface area contributed by atoms with Gasteiger partial charge < -0.3 is 0 Å². The van der Waals surface area contributed by atoms with Gasteiger partial charge in [-0.25, -0.2) is 4.68 Å². The van der Waals surface area contributed by atoms with Crippen LogP contribution in [-0.4, -0.2) is 9.78 Å². The van der Waals surface area contributed by atoms with E-state index in [-0.39, 0.29) is 0 Å². The fourth-order valence-corrected chi connectivity index (χ4v) is 1.63. The Morgan fingerprint density at radius 3 is 2.87 bits per heavy atom. The van der Waals surface area contributed by atoms with Crippen LogP contribution in [0.4, 0.5) is 0 Å². The molecule has 2 nitrogen and oxygen atoms in total. The molecule has 0 aliphatic heterocycles. The van der Waals surface area contributed by atoms with Crippen LogP contribution in [0.1, 0.15) is 18.1 Å². The smallest absolute Gasteiger partial charge is 0.0648 e. The summed E-state index contributed by atoms with van der Waals surface area (Å²) in [4.78, 5) is 0. The van der Waals surface area contributed by atoms with Gasteiger partial charge in [-0.2, -0.15) is 5.10 Å². The molecule has 1 heterocycles. The Morgan fingerprint density at radius 2 is 2.20 bits per heavy atom. The monoisotopic (exact) mass is 220 g/mol. The summed E-state index contributed by atoms with van der Waals surface area (Å²) in [5.74, 6) is 0.537. The summed E-state index contributed by atoms with van der Waals surface area (Å²) in [5.41, 5.74) is 3.42. The number of benzene rings is 1. The van der Waals surface area contributed by atoms with Gasteiger partial charge in [-0.05, 0) is 29.7 Å². The van der Waals surface area contributed by atoms with Crippen LogP contribution in [0, 0.1) is 0 Å². The van der Waals surface area contributed by atoms with Gasteiger partial charge in [0.2, 0.25) is 0 Å². The Kier molecular flexibility index (Phi) is 3.07. The van der Waals surface area contributed by atoms with Gasteiger partial charge in [-0.15, -0.1) is 11.6 Å². The zero-order chi connectivity index (χ0) is 10.7. The number of aromatic nitrogens is 2. The minimum absolute atomic E-state index is 0.537. The molecule has 0 amide bonds. The Hall–Kier alpha value is -1.28. The molecule has 0 saturated carbocycles. The SMILES string of the molecule is CCc1cnn(-c2cccc(CCl)c2)c1. The molecular formula is C12H13ClN2. The molecule has 3 heteroatoms. The van der Waals surface area contributed by atoms with Crippen molar-refractivity contribution in [3.63, 3.8) is 0 Å². The Labute approximate surface area is 94.5 Å². The van der Waals surface area contributed by atoms with Gasteiger partial charge in [0, 0.05) is 12.1 Å². The summed E-state index contributed by atoms with van der Waals surface area (Å²) >= 11 is 5.79. The zero-order valence-corrected chi connectivity index (χ0v) is 9.41. The molecule has 0 aliphatic rings. The predicted molar refractivity (Wildman–Crippen MR) is 62.5 cm³/mol. The van der Waals surface area contributed by atoms with Crippen molar-refractivity contribution < 1.29 is 0 Å². The molecule has 0 atom stereocenters. The van der Waals surface area contributed by atoms with Gasteiger partial charge >= 0.3 is 0 Å². The van der Waals surface area contributed by atoms with Crippen LogP contribution >= 0.6 is 11.6 Å². The average molecular weight is 221 g/mol. The Balaban J connectivity index is 2.35. The van der Waals surface area contributed by atoms with Crippen LogP contribution in [0.2, 0.25) is 0 Å². The average Bonchev–Trinajstić information content (AvgIpc) is 2.78. The minimum atomic E-state index is 0.537. The first-order valence-electron chi connectivity index (χ1n) is 5.02. The van der Waals surface area contributed by atoms with E-state index in [0.717, 1.165) is 17.7 Å². The third-order valence-corrected chi connectivity index (χ3v) is 2.68. The molecule has 1 aromatic heterocycles. The van der Waals surface area contributed by atoms with Crippen LogP contribution in [0.15, 0.2) is 36.7 Å². The summed E-state index contributed by atoms with van der Waals surface area (Å²) in [6.45, 7) is 2.12. The second-order valence-corrected chi connectivity index (χ2v) is 3.72. The van der Waals surface area contributed by atoms with Gasteiger partial charge in [-0.3, -0.25) is 0 Å². The van der Waals surface area contributed by atoms with Crippen molar-refractivity contribution in [2.75, 3.05) is 0 Å². The van der Waals surface area contributed by atoms with Crippen molar-refractivity contribution in [2.24, 2.45) is 0 Å². The summed E-state index contributed by atoms with van der Waals surface area (Å²) in [6, 6.07) is 8.10. The number of rotatable bonds is 3. The second kappa shape index (κ2) is 4.49. The normalized spacial score (nSPS) is 10.5. The maximum Gasteiger partial charge on any atom is 0.0648 e. The van der Waals surface area contributed by atoms with E-state index in [2.05, 4.69) is 18.1 Å². The van der Waals surface area contributed by atoms with Gasteiger partial charge in [0.25, 0.3) is 0 Å². The largest absolute Gasteiger partial charge is 0.241 e. The lowest BCUT2D eigenvalue weighted by Crippen LogP contribution is -1.94. The first-order valence-corrected chi connectivity index (χ1v) is 5.55. The third-order valence-electron chi connectivity index (χ3n) is 2.37.